The van der Waals surface area contributed by atoms with Crippen molar-refractivity contribution in [1.82, 2.24) is 0 Å². The second-order valence-electron chi connectivity index (χ2n) is 4.91. The van der Waals surface area contributed by atoms with Gasteiger partial charge in [0.15, 0.2) is 10.3 Å². The van der Waals surface area contributed by atoms with E-state index < -0.39 is 0 Å². The lowest BCUT2D eigenvalue weighted by Crippen LogP contribution is -2.04. The van der Waals surface area contributed by atoms with Gasteiger partial charge in [0.1, 0.15) is 5.82 Å². The van der Waals surface area contributed by atoms with E-state index >= 15 is 0 Å². The molecule has 0 unspecified atom stereocenters. The lowest BCUT2D eigenvalue weighted by atomic mass is 10.2. The van der Waals surface area contributed by atoms with Crippen LogP contribution >= 0.6 is 80.8 Å². The first-order chi connectivity index (χ1) is 11.8. The van der Waals surface area contributed by atoms with Crippen molar-refractivity contribution in [2.45, 2.75) is 21.3 Å². The first-order valence-corrected chi connectivity index (χ1v) is 10.2. The predicted octanol–water partition coefficient (Wildman–Crippen LogP) is 6.04. The standard InChI is InChI=1S/C16H16ClFN4S3.2BrH/c17-11-2-1-9(7-23-15(19)20)14(6-11)25-13-4-3-12(18)5-10(13)8-24-16(21)22;;/h1-6H,7-8H2,(H3,19,20)(H3,21,22);2*1H. The Kier molecular flexibility index (Phi) is 12.8. The van der Waals surface area contributed by atoms with Crippen LogP contribution in [0.25, 0.3) is 0 Å². The van der Waals surface area contributed by atoms with E-state index in [-0.39, 0.29) is 50.1 Å². The summed E-state index contributed by atoms with van der Waals surface area (Å²) in [6, 6.07) is 10.1. The molecule has 0 saturated carbocycles. The van der Waals surface area contributed by atoms with Gasteiger partial charge >= 0.3 is 0 Å². The summed E-state index contributed by atoms with van der Waals surface area (Å²) in [5.74, 6) is 0.628. The lowest BCUT2D eigenvalue weighted by Gasteiger charge is -2.13. The summed E-state index contributed by atoms with van der Waals surface area (Å²) in [6.07, 6.45) is 0. The Morgan fingerprint density at radius 2 is 1.48 bits per heavy atom. The number of amidine groups is 2. The molecule has 0 aliphatic rings. The van der Waals surface area contributed by atoms with Gasteiger partial charge in [0.05, 0.1) is 0 Å². The van der Waals surface area contributed by atoms with Gasteiger partial charge in [0, 0.05) is 26.3 Å². The molecule has 4 nitrogen and oxygen atoms in total. The van der Waals surface area contributed by atoms with Crippen LogP contribution in [-0.4, -0.2) is 10.3 Å². The molecule has 27 heavy (non-hydrogen) atoms. The number of hydrogen-bond acceptors (Lipinski definition) is 5. The molecule has 0 heterocycles. The molecule has 0 fully saturated rings. The summed E-state index contributed by atoms with van der Waals surface area (Å²) in [4.78, 5) is 1.79. The Morgan fingerprint density at radius 1 is 0.889 bits per heavy atom. The molecule has 2 rings (SSSR count). The van der Waals surface area contributed by atoms with Gasteiger partial charge in [-0.3, -0.25) is 10.8 Å². The monoisotopic (exact) mass is 574 g/mol. The van der Waals surface area contributed by atoms with Gasteiger partial charge in [-0.1, -0.05) is 53.0 Å². The number of nitrogens with two attached hydrogens (primary N) is 2. The minimum absolute atomic E-state index is 0. The summed E-state index contributed by atoms with van der Waals surface area (Å²) in [5, 5.41) is 15.3. The van der Waals surface area contributed by atoms with Crippen molar-refractivity contribution < 1.29 is 4.39 Å². The summed E-state index contributed by atoms with van der Waals surface area (Å²) in [6.45, 7) is 0. The first-order valence-electron chi connectivity index (χ1n) is 7.03. The van der Waals surface area contributed by atoms with Gasteiger partial charge in [0.2, 0.25) is 0 Å². The fourth-order valence-corrected chi connectivity index (χ4v) is 4.56. The molecule has 0 saturated heterocycles. The van der Waals surface area contributed by atoms with E-state index in [9.17, 15) is 4.39 Å². The van der Waals surface area contributed by atoms with Crippen LogP contribution in [0.15, 0.2) is 46.2 Å². The van der Waals surface area contributed by atoms with Crippen LogP contribution in [0.5, 0.6) is 0 Å². The normalized spacial score (nSPS) is 9.85. The van der Waals surface area contributed by atoms with Gasteiger partial charge in [-0.05, 0) is 41.5 Å². The average molecular weight is 577 g/mol. The topological polar surface area (TPSA) is 99.7 Å². The molecular weight excluding hydrogens is 559 g/mol. The Bertz CT molecular complexity index is 811. The molecule has 2 aromatic carbocycles. The molecule has 0 bridgehead atoms. The van der Waals surface area contributed by atoms with Crippen LogP contribution < -0.4 is 11.5 Å². The van der Waals surface area contributed by atoms with E-state index in [0.29, 0.717) is 16.5 Å². The van der Waals surface area contributed by atoms with Crippen molar-refractivity contribution in [3.8, 4) is 0 Å². The quantitative estimate of drug-likeness (QED) is 0.248. The highest BCUT2D eigenvalue weighted by Crippen LogP contribution is 2.37. The Hall–Kier alpha value is -0.390. The third kappa shape index (κ3) is 9.10. The number of rotatable bonds is 6. The molecule has 6 N–H and O–H groups in total. The highest BCUT2D eigenvalue weighted by molar-refractivity contribution is 8.93. The molecule has 0 atom stereocenters. The molecule has 0 amide bonds. The van der Waals surface area contributed by atoms with Gasteiger partial charge in [-0.15, -0.1) is 34.0 Å². The van der Waals surface area contributed by atoms with E-state index in [1.807, 2.05) is 12.1 Å². The van der Waals surface area contributed by atoms with Crippen molar-refractivity contribution in [2.24, 2.45) is 11.5 Å². The fraction of sp³-hybridized carbons (Fsp3) is 0.125. The Morgan fingerprint density at radius 3 is 2.07 bits per heavy atom. The summed E-state index contributed by atoms with van der Waals surface area (Å²) < 4.78 is 13.6. The zero-order chi connectivity index (χ0) is 18.4. The minimum atomic E-state index is -0.332. The molecular formula is C16H18Br2ClFN4S3. The van der Waals surface area contributed by atoms with Crippen LogP contribution in [-0.2, 0) is 11.5 Å². The third-order valence-electron chi connectivity index (χ3n) is 3.04. The van der Waals surface area contributed by atoms with Crippen molar-refractivity contribution in [2.75, 3.05) is 0 Å². The molecule has 0 spiro atoms. The van der Waals surface area contributed by atoms with Crippen molar-refractivity contribution in [3.05, 3.63) is 58.4 Å². The molecule has 2 aromatic rings. The van der Waals surface area contributed by atoms with Crippen LogP contribution in [0.3, 0.4) is 0 Å². The van der Waals surface area contributed by atoms with E-state index in [2.05, 4.69) is 0 Å². The SMILES string of the molecule is Br.Br.N=C(N)SCc1cc(F)ccc1Sc1cc(Cl)ccc1CSC(=N)N. The Balaban J connectivity index is 0.00000338. The number of nitrogens with one attached hydrogen (secondary N) is 2. The van der Waals surface area contributed by atoms with Gasteiger partial charge < -0.3 is 11.5 Å². The molecule has 148 valence electrons. The molecule has 0 radical (unpaired) electrons. The van der Waals surface area contributed by atoms with Crippen LogP contribution in [0, 0.1) is 16.6 Å². The van der Waals surface area contributed by atoms with Crippen LogP contribution in [0.1, 0.15) is 11.1 Å². The first kappa shape index (κ1) is 26.6. The largest absolute Gasteiger partial charge is 0.379 e. The highest BCUT2D eigenvalue weighted by Gasteiger charge is 2.11. The zero-order valence-corrected chi connectivity index (χ0v) is 20.5. The second kappa shape index (κ2) is 12.9. The van der Waals surface area contributed by atoms with E-state index in [1.165, 1.54) is 35.7 Å². The van der Waals surface area contributed by atoms with Crippen molar-refractivity contribution >= 4 is 91.2 Å². The molecule has 0 aliphatic carbocycles. The average Bonchev–Trinajstić information content (AvgIpc) is 2.54. The number of hydrogen-bond donors (Lipinski definition) is 4. The van der Waals surface area contributed by atoms with Gasteiger partial charge in [0.25, 0.3) is 0 Å². The van der Waals surface area contributed by atoms with E-state index in [0.717, 1.165) is 32.7 Å². The zero-order valence-electron chi connectivity index (χ0n) is 13.8. The maximum atomic E-state index is 13.6. The van der Waals surface area contributed by atoms with Crippen molar-refractivity contribution in [1.29, 1.82) is 10.8 Å². The molecule has 0 aromatic heterocycles. The fourth-order valence-electron chi connectivity index (χ4n) is 1.93. The number of benzene rings is 2. The predicted molar refractivity (Wildman–Crippen MR) is 129 cm³/mol. The maximum absolute atomic E-state index is 13.6. The van der Waals surface area contributed by atoms with E-state index in [4.69, 9.17) is 33.9 Å². The number of thioether (sulfide) groups is 2. The summed E-state index contributed by atoms with van der Waals surface area (Å²) in [7, 11) is 0. The Labute approximate surface area is 196 Å². The van der Waals surface area contributed by atoms with Gasteiger partial charge in [-0.25, -0.2) is 4.39 Å². The van der Waals surface area contributed by atoms with E-state index in [1.54, 1.807) is 12.1 Å². The van der Waals surface area contributed by atoms with Crippen LogP contribution in [0.4, 0.5) is 4.39 Å². The second-order valence-corrected chi connectivity index (χ2v) is 8.47. The smallest absolute Gasteiger partial charge is 0.151 e. The minimum Gasteiger partial charge on any atom is -0.379 e. The molecule has 11 heteroatoms. The third-order valence-corrected chi connectivity index (χ3v) is 6.02. The number of halogens is 4. The van der Waals surface area contributed by atoms with Crippen LogP contribution in [0.2, 0.25) is 5.02 Å². The summed E-state index contributed by atoms with van der Waals surface area (Å²) >= 11 is 9.96. The maximum Gasteiger partial charge on any atom is 0.151 e. The van der Waals surface area contributed by atoms with Crippen molar-refractivity contribution in [3.63, 3.8) is 0 Å². The lowest BCUT2D eigenvalue weighted by molar-refractivity contribution is 0.625. The summed E-state index contributed by atoms with van der Waals surface area (Å²) in [5.41, 5.74) is 12.6. The molecule has 0 aliphatic heterocycles. The van der Waals surface area contributed by atoms with Gasteiger partial charge in [-0.2, -0.15) is 0 Å². The highest BCUT2D eigenvalue weighted by atomic mass is 79.9.